The minimum atomic E-state index is -0.266. The number of aliphatic hydroxyl groups excluding tert-OH is 1. The zero-order valence-electron chi connectivity index (χ0n) is 5.39. The number of nitrogens with zero attached hydrogens (tertiary/aromatic N) is 1. The third-order valence-electron chi connectivity index (χ3n) is 1.69. The lowest BCUT2D eigenvalue weighted by molar-refractivity contribution is 0.0496. The second-order valence-electron chi connectivity index (χ2n) is 2.50. The summed E-state index contributed by atoms with van der Waals surface area (Å²) in [6.45, 7) is 2.28. The molecule has 0 aromatic rings. The normalized spacial score (nSPS) is 22.0. The molecule has 0 spiro atoms. The molecule has 1 rings (SSSR count). The highest BCUT2D eigenvalue weighted by atomic mass is 19.1. The Hall–Kier alpha value is -0.150. The molecule has 1 heterocycles. The molecule has 0 amide bonds. The Morgan fingerprint density at radius 3 is 2.67 bits per heavy atom. The van der Waals surface area contributed by atoms with Crippen LogP contribution in [0.4, 0.5) is 4.39 Å². The van der Waals surface area contributed by atoms with Crippen LogP contribution in [0.2, 0.25) is 0 Å². The minimum Gasteiger partial charge on any atom is -0.396 e. The van der Waals surface area contributed by atoms with Gasteiger partial charge in [0.25, 0.3) is 0 Å². The topological polar surface area (TPSA) is 23.5 Å². The van der Waals surface area contributed by atoms with Crippen molar-refractivity contribution >= 4 is 0 Å². The molecule has 1 fully saturated rings. The molecule has 1 aliphatic heterocycles. The van der Waals surface area contributed by atoms with Crippen LogP contribution in [0.3, 0.4) is 0 Å². The Morgan fingerprint density at radius 1 is 1.56 bits per heavy atom. The van der Waals surface area contributed by atoms with Crippen LogP contribution in [0.1, 0.15) is 0 Å². The van der Waals surface area contributed by atoms with Gasteiger partial charge in [0, 0.05) is 32.2 Å². The van der Waals surface area contributed by atoms with Crippen molar-refractivity contribution in [2.75, 3.05) is 32.9 Å². The molecular formula is C6H12FNO. The van der Waals surface area contributed by atoms with Crippen molar-refractivity contribution in [3.05, 3.63) is 0 Å². The largest absolute Gasteiger partial charge is 0.396 e. The van der Waals surface area contributed by atoms with E-state index < -0.39 is 0 Å². The van der Waals surface area contributed by atoms with Crippen molar-refractivity contribution in [3.8, 4) is 0 Å². The molecule has 0 aromatic heterocycles. The third-order valence-corrected chi connectivity index (χ3v) is 1.69. The van der Waals surface area contributed by atoms with Crippen molar-refractivity contribution < 1.29 is 9.50 Å². The summed E-state index contributed by atoms with van der Waals surface area (Å²) >= 11 is 0. The first-order chi connectivity index (χ1) is 4.36. The van der Waals surface area contributed by atoms with Gasteiger partial charge in [-0.15, -0.1) is 0 Å². The Labute approximate surface area is 54.3 Å². The zero-order valence-corrected chi connectivity index (χ0v) is 5.39. The predicted octanol–water partition coefficient (Wildman–Crippen LogP) is -0.120. The Morgan fingerprint density at radius 2 is 2.22 bits per heavy atom. The molecule has 0 aliphatic carbocycles. The van der Waals surface area contributed by atoms with Gasteiger partial charge in [-0.2, -0.15) is 0 Å². The van der Waals surface area contributed by atoms with E-state index in [0.29, 0.717) is 12.5 Å². The molecule has 0 atom stereocenters. The number of alkyl halides is 1. The van der Waals surface area contributed by atoms with Gasteiger partial charge in [0.05, 0.1) is 0 Å². The van der Waals surface area contributed by atoms with Gasteiger partial charge in [0.2, 0.25) is 0 Å². The van der Waals surface area contributed by atoms with Gasteiger partial charge in [-0.25, -0.2) is 4.39 Å². The van der Waals surface area contributed by atoms with E-state index in [0.717, 1.165) is 13.1 Å². The number of likely N-dealkylation sites (tertiary alicyclic amines) is 1. The number of halogens is 1. The molecule has 3 heteroatoms. The predicted molar refractivity (Wildman–Crippen MR) is 33.0 cm³/mol. The highest BCUT2D eigenvalue weighted by Crippen LogP contribution is 2.12. The molecule has 9 heavy (non-hydrogen) atoms. The molecule has 0 aromatic carbocycles. The van der Waals surface area contributed by atoms with Gasteiger partial charge in [0.1, 0.15) is 6.67 Å². The van der Waals surface area contributed by atoms with Gasteiger partial charge in [-0.05, 0) is 0 Å². The van der Waals surface area contributed by atoms with Gasteiger partial charge in [-0.1, -0.05) is 0 Å². The van der Waals surface area contributed by atoms with E-state index >= 15 is 0 Å². The molecule has 54 valence electrons. The lowest BCUT2D eigenvalue weighted by atomic mass is 10.0. The summed E-state index contributed by atoms with van der Waals surface area (Å²) in [6.07, 6.45) is 0. The zero-order chi connectivity index (χ0) is 6.69. The fourth-order valence-corrected chi connectivity index (χ4v) is 1.09. The lowest BCUT2D eigenvalue weighted by Gasteiger charge is -2.37. The lowest BCUT2D eigenvalue weighted by Crippen LogP contribution is -2.48. The molecular weight excluding hydrogens is 121 g/mol. The van der Waals surface area contributed by atoms with E-state index in [9.17, 15) is 4.39 Å². The van der Waals surface area contributed by atoms with E-state index in [2.05, 4.69) is 0 Å². The summed E-state index contributed by atoms with van der Waals surface area (Å²) in [7, 11) is 0. The third kappa shape index (κ3) is 1.63. The first kappa shape index (κ1) is 6.96. The van der Waals surface area contributed by atoms with E-state index in [1.165, 1.54) is 0 Å². The minimum absolute atomic E-state index is 0.253. The maximum atomic E-state index is 11.6. The number of aliphatic hydroxyl groups is 1. The SMILES string of the molecule is OCC1CN(CCF)C1. The van der Waals surface area contributed by atoms with Crippen LogP contribution < -0.4 is 0 Å². The first-order valence-corrected chi connectivity index (χ1v) is 3.26. The van der Waals surface area contributed by atoms with Crippen LogP contribution in [-0.4, -0.2) is 42.9 Å². The van der Waals surface area contributed by atoms with E-state index in [1.54, 1.807) is 0 Å². The fourth-order valence-electron chi connectivity index (χ4n) is 1.09. The average Bonchev–Trinajstić information content (AvgIpc) is 1.77. The van der Waals surface area contributed by atoms with Crippen LogP contribution in [0, 0.1) is 5.92 Å². The first-order valence-electron chi connectivity index (χ1n) is 3.26. The monoisotopic (exact) mass is 133 g/mol. The van der Waals surface area contributed by atoms with Gasteiger partial charge in [0.15, 0.2) is 0 Å². The maximum Gasteiger partial charge on any atom is 0.102 e. The Balaban J connectivity index is 1.98. The van der Waals surface area contributed by atoms with Crippen molar-refractivity contribution in [2.24, 2.45) is 5.92 Å². The van der Waals surface area contributed by atoms with Crippen LogP contribution in [-0.2, 0) is 0 Å². The molecule has 1 saturated heterocycles. The molecule has 0 radical (unpaired) electrons. The summed E-state index contributed by atoms with van der Waals surface area (Å²) in [6, 6.07) is 0. The van der Waals surface area contributed by atoms with Crippen molar-refractivity contribution in [2.45, 2.75) is 0 Å². The van der Waals surface area contributed by atoms with E-state index in [4.69, 9.17) is 5.11 Å². The van der Waals surface area contributed by atoms with Crippen LogP contribution >= 0.6 is 0 Å². The summed E-state index contributed by atoms with van der Waals surface area (Å²) in [5, 5.41) is 8.55. The van der Waals surface area contributed by atoms with Gasteiger partial charge < -0.3 is 5.11 Å². The average molecular weight is 133 g/mol. The van der Waals surface area contributed by atoms with Crippen LogP contribution in [0.5, 0.6) is 0 Å². The molecule has 2 nitrogen and oxygen atoms in total. The number of rotatable bonds is 3. The molecule has 0 saturated carbocycles. The van der Waals surface area contributed by atoms with E-state index in [-0.39, 0.29) is 13.3 Å². The second kappa shape index (κ2) is 3.13. The van der Waals surface area contributed by atoms with Crippen molar-refractivity contribution in [1.82, 2.24) is 4.90 Å². The number of hydrogen-bond acceptors (Lipinski definition) is 2. The molecule has 1 N–H and O–H groups in total. The fraction of sp³-hybridized carbons (Fsp3) is 1.00. The van der Waals surface area contributed by atoms with E-state index in [1.807, 2.05) is 4.90 Å². The Kier molecular flexibility index (Phi) is 2.42. The summed E-state index contributed by atoms with van der Waals surface area (Å²) in [5.41, 5.74) is 0. The quantitative estimate of drug-likeness (QED) is 0.580. The summed E-state index contributed by atoms with van der Waals surface area (Å²) in [5.74, 6) is 0.413. The van der Waals surface area contributed by atoms with Crippen LogP contribution in [0.25, 0.3) is 0 Å². The van der Waals surface area contributed by atoms with Crippen LogP contribution in [0.15, 0.2) is 0 Å². The van der Waals surface area contributed by atoms with Gasteiger partial charge >= 0.3 is 0 Å². The highest BCUT2D eigenvalue weighted by molar-refractivity contribution is 4.78. The van der Waals surface area contributed by atoms with Crippen molar-refractivity contribution in [3.63, 3.8) is 0 Å². The number of hydrogen-bond donors (Lipinski definition) is 1. The molecule has 0 unspecified atom stereocenters. The second-order valence-corrected chi connectivity index (χ2v) is 2.50. The summed E-state index contributed by atoms with van der Waals surface area (Å²) < 4.78 is 11.6. The Bertz CT molecular complexity index is 83.1. The molecule has 0 bridgehead atoms. The molecule has 1 aliphatic rings. The smallest absolute Gasteiger partial charge is 0.102 e. The van der Waals surface area contributed by atoms with Gasteiger partial charge in [-0.3, -0.25) is 4.90 Å². The maximum absolute atomic E-state index is 11.6. The summed E-state index contributed by atoms with van der Waals surface area (Å²) in [4.78, 5) is 2.00. The standard InChI is InChI=1S/C6H12FNO/c7-1-2-8-3-6(4-8)5-9/h6,9H,1-5H2. The highest BCUT2D eigenvalue weighted by Gasteiger charge is 2.24. The van der Waals surface area contributed by atoms with Crippen molar-refractivity contribution in [1.29, 1.82) is 0 Å².